The molecule has 1 saturated heterocycles. The van der Waals surface area contributed by atoms with Crippen LogP contribution in [0.2, 0.25) is 15.1 Å². The normalized spacial score (nSPS) is 18.1. The summed E-state index contributed by atoms with van der Waals surface area (Å²) in [5.41, 5.74) is 9.99. The van der Waals surface area contributed by atoms with Gasteiger partial charge in [0.1, 0.15) is 0 Å². The molecule has 0 saturated carbocycles. The van der Waals surface area contributed by atoms with E-state index in [0.29, 0.717) is 5.02 Å². The van der Waals surface area contributed by atoms with Crippen LogP contribution in [0.15, 0.2) is 72.8 Å². The summed E-state index contributed by atoms with van der Waals surface area (Å²) >= 11 is 18.8. The lowest BCUT2D eigenvalue weighted by atomic mass is 9.85. The Balaban J connectivity index is 1.70. The third-order valence-electron chi connectivity index (χ3n) is 5.42. The maximum atomic E-state index is 6.66. The van der Waals surface area contributed by atoms with Crippen LogP contribution in [0.1, 0.15) is 35.2 Å². The number of benzene rings is 3. The van der Waals surface area contributed by atoms with E-state index in [2.05, 4.69) is 17.0 Å². The molecule has 0 unspecified atom stereocenters. The third kappa shape index (κ3) is 4.07. The van der Waals surface area contributed by atoms with E-state index in [1.165, 1.54) is 0 Å². The van der Waals surface area contributed by atoms with Crippen molar-refractivity contribution in [1.82, 2.24) is 4.90 Å². The van der Waals surface area contributed by atoms with E-state index in [0.717, 1.165) is 39.7 Å². The Bertz CT molecular complexity index is 930. The van der Waals surface area contributed by atoms with Gasteiger partial charge in [0.25, 0.3) is 0 Å². The number of rotatable bonds is 5. The SMILES string of the molecule is N[C@H](c1cccc(Cl)c1)[C@@H]1CCN1C(c1cccc(Cl)c1)c1cccc(Cl)c1. The fraction of sp³-hybridized carbons (Fsp3) is 0.217. The van der Waals surface area contributed by atoms with Crippen molar-refractivity contribution in [1.29, 1.82) is 0 Å². The molecule has 0 aliphatic carbocycles. The first kappa shape index (κ1) is 19.8. The molecular formula is C23H21Cl3N2. The fourth-order valence-corrected chi connectivity index (χ4v) is 4.59. The molecule has 2 atom stereocenters. The molecule has 0 aromatic heterocycles. The number of nitrogens with zero attached hydrogens (tertiary/aromatic N) is 1. The van der Waals surface area contributed by atoms with Crippen molar-refractivity contribution >= 4 is 34.8 Å². The Labute approximate surface area is 180 Å². The summed E-state index contributed by atoms with van der Waals surface area (Å²) in [6, 6.07) is 24.0. The summed E-state index contributed by atoms with van der Waals surface area (Å²) in [6.45, 7) is 0.961. The maximum Gasteiger partial charge on any atom is 0.0605 e. The van der Waals surface area contributed by atoms with Crippen LogP contribution in [-0.2, 0) is 0 Å². The first-order valence-electron chi connectivity index (χ1n) is 9.30. The minimum atomic E-state index is -0.117. The third-order valence-corrected chi connectivity index (χ3v) is 6.12. The second-order valence-corrected chi connectivity index (χ2v) is 8.50. The minimum absolute atomic E-state index is 0.0429. The highest BCUT2D eigenvalue weighted by atomic mass is 35.5. The van der Waals surface area contributed by atoms with Gasteiger partial charge < -0.3 is 5.73 Å². The van der Waals surface area contributed by atoms with E-state index in [4.69, 9.17) is 40.5 Å². The predicted octanol–water partition coefficient (Wildman–Crippen LogP) is 6.51. The van der Waals surface area contributed by atoms with Crippen molar-refractivity contribution in [2.24, 2.45) is 5.73 Å². The van der Waals surface area contributed by atoms with Crippen molar-refractivity contribution in [3.05, 3.63) is 105 Å². The van der Waals surface area contributed by atoms with Gasteiger partial charge in [-0.2, -0.15) is 0 Å². The molecule has 0 radical (unpaired) electrons. The molecule has 1 aliphatic rings. The Morgan fingerprint density at radius 3 is 1.64 bits per heavy atom. The zero-order valence-electron chi connectivity index (χ0n) is 15.2. The molecule has 1 heterocycles. The van der Waals surface area contributed by atoms with E-state index in [9.17, 15) is 0 Å². The maximum absolute atomic E-state index is 6.66. The smallest absolute Gasteiger partial charge is 0.0605 e. The van der Waals surface area contributed by atoms with Crippen LogP contribution in [0.4, 0.5) is 0 Å². The van der Waals surface area contributed by atoms with Crippen LogP contribution in [0.3, 0.4) is 0 Å². The Morgan fingerprint density at radius 1 is 0.750 bits per heavy atom. The highest BCUT2D eigenvalue weighted by Crippen LogP contribution is 2.41. The van der Waals surface area contributed by atoms with E-state index in [1.54, 1.807) is 0 Å². The Morgan fingerprint density at radius 2 is 1.21 bits per heavy atom. The van der Waals surface area contributed by atoms with Crippen LogP contribution in [0, 0.1) is 0 Å². The quantitative estimate of drug-likeness (QED) is 0.499. The molecule has 2 nitrogen and oxygen atoms in total. The van der Waals surface area contributed by atoms with Gasteiger partial charge >= 0.3 is 0 Å². The first-order chi connectivity index (χ1) is 13.5. The minimum Gasteiger partial charge on any atom is -0.323 e. The first-order valence-corrected chi connectivity index (χ1v) is 10.4. The molecule has 0 amide bonds. The molecule has 0 spiro atoms. The lowest BCUT2D eigenvalue weighted by molar-refractivity contribution is 0.0393. The van der Waals surface area contributed by atoms with Crippen LogP contribution in [0.25, 0.3) is 0 Å². The average molecular weight is 432 g/mol. The molecule has 2 N–H and O–H groups in total. The number of hydrogen-bond donors (Lipinski definition) is 1. The lowest BCUT2D eigenvalue weighted by Gasteiger charge is -2.49. The van der Waals surface area contributed by atoms with E-state index < -0.39 is 0 Å². The zero-order valence-corrected chi connectivity index (χ0v) is 17.5. The Hall–Kier alpha value is -1.55. The summed E-state index contributed by atoms with van der Waals surface area (Å²) < 4.78 is 0. The van der Waals surface area contributed by atoms with Crippen LogP contribution in [0.5, 0.6) is 0 Å². The van der Waals surface area contributed by atoms with Gasteiger partial charge in [0.2, 0.25) is 0 Å². The standard InChI is InChI=1S/C23H21Cl3N2/c24-18-7-1-4-15(12-18)22(27)21-10-11-28(21)23(16-5-2-8-19(25)13-16)17-6-3-9-20(26)14-17/h1-9,12-14,21-23H,10-11,27H2/t21-,22+/m0/s1. The van der Waals surface area contributed by atoms with Gasteiger partial charge in [-0.05, 0) is 59.5 Å². The van der Waals surface area contributed by atoms with Gasteiger partial charge in [0.05, 0.1) is 6.04 Å². The summed E-state index contributed by atoms with van der Waals surface area (Å²) in [7, 11) is 0. The summed E-state index contributed by atoms with van der Waals surface area (Å²) in [4.78, 5) is 2.43. The van der Waals surface area contributed by atoms with Gasteiger partial charge in [-0.15, -0.1) is 0 Å². The van der Waals surface area contributed by atoms with Crippen molar-refractivity contribution in [3.63, 3.8) is 0 Å². The van der Waals surface area contributed by atoms with Crippen LogP contribution >= 0.6 is 34.8 Å². The topological polar surface area (TPSA) is 29.3 Å². The predicted molar refractivity (Wildman–Crippen MR) is 118 cm³/mol. The van der Waals surface area contributed by atoms with Gasteiger partial charge in [0, 0.05) is 33.7 Å². The molecule has 3 aromatic rings. The van der Waals surface area contributed by atoms with E-state index in [-0.39, 0.29) is 18.1 Å². The number of halogens is 3. The van der Waals surface area contributed by atoms with E-state index in [1.807, 2.05) is 60.7 Å². The van der Waals surface area contributed by atoms with Crippen molar-refractivity contribution in [2.75, 3.05) is 6.54 Å². The molecule has 1 fully saturated rings. The number of hydrogen-bond acceptors (Lipinski definition) is 2. The Kier molecular flexibility index (Phi) is 5.96. The van der Waals surface area contributed by atoms with Crippen LogP contribution in [-0.4, -0.2) is 17.5 Å². The number of nitrogens with two attached hydrogens (primary N) is 1. The van der Waals surface area contributed by atoms with Gasteiger partial charge in [0.15, 0.2) is 0 Å². The highest BCUT2D eigenvalue weighted by molar-refractivity contribution is 6.31. The largest absolute Gasteiger partial charge is 0.323 e. The summed E-state index contributed by atoms with van der Waals surface area (Å²) in [6.07, 6.45) is 1.03. The second kappa shape index (κ2) is 8.44. The van der Waals surface area contributed by atoms with E-state index >= 15 is 0 Å². The second-order valence-electron chi connectivity index (χ2n) is 7.19. The van der Waals surface area contributed by atoms with Gasteiger partial charge in [-0.1, -0.05) is 71.2 Å². The number of likely N-dealkylation sites (tertiary alicyclic amines) is 1. The fourth-order valence-electron chi connectivity index (χ4n) is 4.00. The summed E-state index contributed by atoms with van der Waals surface area (Å²) in [5, 5.41) is 2.15. The molecule has 1 aliphatic heterocycles. The molecule has 5 heteroatoms. The monoisotopic (exact) mass is 430 g/mol. The molecule has 0 bridgehead atoms. The van der Waals surface area contributed by atoms with Crippen molar-refractivity contribution in [2.45, 2.75) is 24.5 Å². The zero-order chi connectivity index (χ0) is 19.7. The molecule has 4 rings (SSSR count). The van der Waals surface area contributed by atoms with Crippen LogP contribution < -0.4 is 5.73 Å². The average Bonchev–Trinajstić information content (AvgIpc) is 2.65. The molecular weight excluding hydrogens is 411 g/mol. The van der Waals surface area contributed by atoms with Crippen molar-refractivity contribution in [3.8, 4) is 0 Å². The highest BCUT2D eigenvalue weighted by Gasteiger charge is 2.39. The van der Waals surface area contributed by atoms with Gasteiger partial charge in [-0.3, -0.25) is 4.90 Å². The molecule has 3 aromatic carbocycles. The van der Waals surface area contributed by atoms with Gasteiger partial charge in [-0.25, -0.2) is 0 Å². The van der Waals surface area contributed by atoms with Crippen molar-refractivity contribution < 1.29 is 0 Å². The summed E-state index contributed by atoms with van der Waals surface area (Å²) in [5.74, 6) is 0. The lowest BCUT2D eigenvalue weighted by Crippen LogP contribution is -2.54. The molecule has 144 valence electrons. The molecule has 28 heavy (non-hydrogen) atoms.